The first-order valence-corrected chi connectivity index (χ1v) is 10.5. The lowest BCUT2D eigenvalue weighted by Gasteiger charge is -2.59. The number of esters is 1. The molecule has 172 valence electrons. The molecule has 4 aliphatic rings. The SMILES string of the molecule is O=COC12CC3CC(C1)CC(C(=O)OC(CS(=O)(=O)[O-])(C(F)(F)F)C(F)(F)F)(C3)C2. The van der Waals surface area contributed by atoms with Crippen molar-refractivity contribution in [3.8, 4) is 0 Å². The predicted octanol–water partition coefficient (Wildman–Crippen LogP) is 2.45. The Balaban J connectivity index is 2.01. The maximum absolute atomic E-state index is 13.5. The van der Waals surface area contributed by atoms with Gasteiger partial charge >= 0.3 is 23.9 Å². The van der Waals surface area contributed by atoms with Gasteiger partial charge in [-0.3, -0.25) is 9.59 Å². The van der Waals surface area contributed by atoms with Crippen LogP contribution in [-0.4, -0.2) is 54.7 Å². The summed E-state index contributed by atoms with van der Waals surface area (Å²) in [7, 11) is -6.11. The molecule has 0 amide bonds. The normalized spacial score (nSPS) is 34.0. The van der Waals surface area contributed by atoms with Gasteiger partial charge in [0, 0.05) is 6.42 Å². The second-order valence-corrected chi connectivity index (χ2v) is 9.96. The molecule has 0 aromatic rings. The summed E-state index contributed by atoms with van der Waals surface area (Å²) in [4.78, 5) is 23.6. The highest BCUT2D eigenvalue weighted by atomic mass is 32.2. The minimum Gasteiger partial charge on any atom is -0.748 e. The molecule has 4 rings (SSSR count). The Morgan fingerprint density at radius 1 is 1.03 bits per heavy atom. The van der Waals surface area contributed by atoms with Crippen LogP contribution < -0.4 is 0 Å². The number of halogens is 6. The van der Waals surface area contributed by atoms with Crippen LogP contribution in [-0.2, 0) is 29.2 Å². The number of hydrogen-bond acceptors (Lipinski definition) is 7. The molecule has 30 heavy (non-hydrogen) atoms. The molecule has 0 aliphatic heterocycles. The highest BCUT2D eigenvalue weighted by Crippen LogP contribution is 2.63. The van der Waals surface area contributed by atoms with Gasteiger partial charge in [0.15, 0.2) is 0 Å². The van der Waals surface area contributed by atoms with E-state index in [9.17, 15) is 48.9 Å². The Bertz CT molecular complexity index is 806. The minimum atomic E-state index is -6.42. The van der Waals surface area contributed by atoms with Gasteiger partial charge in [0.05, 0.1) is 21.3 Å². The molecule has 4 fully saturated rings. The Kier molecular flexibility index (Phi) is 5.17. The molecular weight excluding hydrogens is 450 g/mol. The van der Waals surface area contributed by atoms with E-state index < -0.39 is 50.8 Å². The van der Waals surface area contributed by atoms with Gasteiger partial charge in [-0.1, -0.05) is 0 Å². The Labute approximate surface area is 166 Å². The average molecular weight is 467 g/mol. The fourth-order valence-corrected chi connectivity index (χ4v) is 6.53. The first kappa shape index (κ1) is 23.1. The molecule has 4 aliphatic carbocycles. The fraction of sp³-hybridized carbons (Fsp3) is 0.875. The monoisotopic (exact) mass is 467 g/mol. The maximum Gasteiger partial charge on any atom is 0.438 e. The molecule has 0 aromatic carbocycles. The summed E-state index contributed by atoms with van der Waals surface area (Å²) in [6.07, 6.45) is -12.1. The molecule has 7 nitrogen and oxygen atoms in total. The van der Waals surface area contributed by atoms with Crippen LogP contribution >= 0.6 is 0 Å². The summed E-state index contributed by atoms with van der Waals surface area (Å²) in [6, 6.07) is 0. The summed E-state index contributed by atoms with van der Waals surface area (Å²) >= 11 is 0. The third kappa shape index (κ3) is 3.76. The van der Waals surface area contributed by atoms with Crippen molar-refractivity contribution in [1.82, 2.24) is 0 Å². The first-order chi connectivity index (χ1) is 13.5. The molecule has 0 N–H and O–H groups in total. The predicted molar refractivity (Wildman–Crippen MR) is 82.5 cm³/mol. The second-order valence-electron chi connectivity index (χ2n) is 8.55. The molecule has 0 saturated heterocycles. The fourth-order valence-electron chi connectivity index (χ4n) is 5.64. The van der Waals surface area contributed by atoms with Crippen LogP contribution in [0, 0.1) is 17.3 Å². The van der Waals surface area contributed by atoms with Crippen molar-refractivity contribution in [2.75, 3.05) is 5.75 Å². The van der Waals surface area contributed by atoms with E-state index >= 15 is 0 Å². The smallest absolute Gasteiger partial charge is 0.438 e. The molecule has 0 spiro atoms. The number of rotatable bonds is 6. The van der Waals surface area contributed by atoms with E-state index in [1.165, 1.54) is 0 Å². The molecule has 2 unspecified atom stereocenters. The lowest BCUT2D eigenvalue weighted by molar-refractivity contribution is -0.364. The zero-order valence-corrected chi connectivity index (χ0v) is 16.0. The molecule has 4 bridgehead atoms. The van der Waals surface area contributed by atoms with Crippen molar-refractivity contribution in [2.24, 2.45) is 17.3 Å². The largest absolute Gasteiger partial charge is 0.748 e. The van der Waals surface area contributed by atoms with Crippen LogP contribution in [0.5, 0.6) is 0 Å². The van der Waals surface area contributed by atoms with E-state index in [1.807, 2.05) is 0 Å². The van der Waals surface area contributed by atoms with Crippen LogP contribution in [0.2, 0.25) is 0 Å². The van der Waals surface area contributed by atoms with Crippen LogP contribution in [0.15, 0.2) is 0 Å². The number of alkyl halides is 6. The van der Waals surface area contributed by atoms with Crippen molar-refractivity contribution < 1.29 is 58.4 Å². The summed E-state index contributed by atoms with van der Waals surface area (Å²) < 4.78 is 122. The maximum atomic E-state index is 13.5. The number of carbonyl (C=O) groups is 2. The van der Waals surface area contributed by atoms with Gasteiger partial charge in [-0.15, -0.1) is 0 Å². The van der Waals surface area contributed by atoms with Gasteiger partial charge in [-0.2, -0.15) is 26.3 Å². The van der Waals surface area contributed by atoms with Gasteiger partial charge in [-0.25, -0.2) is 8.42 Å². The van der Waals surface area contributed by atoms with Crippen molar-refractivity contribution in [3.63, 3.8) is 0 Å². The van der Waals surface area contributed by atoms with Crippen molar-refractivity contribution in [3.05, 3.63) is 0 Å². The number of hydrogen-bond donors (Lipinski definition) is 0. The van der Waals surface area contributed by atoms with E-state index in [-0.39, 0.29) is 37.6 Å². The highest BCUT2D eigenvalue weighted by molar-refractivity contribution is 7.85. The van der Waals surface area contributed by atoms with Crippen LogP contribution in [0.1, 0.15) is 38.5 Å². The van der Waals surface area contributed by atoms with Gasteiger partial charge < -0.3 is 14.0 Å². The topological polar surface area (TPSA) is 110 Å². The van der Waals surface area contributed by atoms with Gasteiger partial charge in [0.1, 0.15) is 5.60 Å². The van der Waals surface area contributed by atoms with E-state index in [4.69, 9.17) is 4.74 Å². The molecule has 0 heterocycles. The number of ether oxygens (including phenoxy) is 2. The summed E-state index contributed by atoms with van der Waals surface area (Å²) in [5.41, 5.74) is -8.50. The van der Waals surface area contributed by atoms with Crippen molar-refractivity contribution in [1.29, 1.82) is 0 Å². The third-order valence-electron chi connectivity index (χ3n) is 6.30. The van der Waals surface area contributed by atoms with E-state index in [2.05, 4.69) is 4.74 Å². The minimum absolute atomic E-state index is 0.0811. The van der Waals surface area contributed by atoms with Crippen molar-refractivity contribution >= 4 is 22.6 Å². The Morgan fingerprint density at radius 2 is 1.53 bits per heavy atom. The van der Waals surface area contributed by atoms with Gasteiger partial charge in [0.25, 0.3) is 6.47 Å². The molecule has 14 heteroatoms. The summed E-state index contributed by atoms with van der Waals surface area (Å²) in [5.74, 6) is -5.49. The summed E-state index contributed by atoms with van der Waals surface area (Å²) in [5, 5.41) is 0. The van der Waals surface area contributed by atoms with Crippen molar-refractivity contribution in [2.45, 2.75) is 62.1 Å². The zero-order valence-electron chi connectivity index (χ0n) is 15.2. The molecular formula is C16H17F6O7S-. The number of carbonyl (C=O) groups excluding carboxylic acids is 2. The Hall–Kier alpha value is -1.57. The van der Waals surface area contributed by atoms with Crippen LogP contribution in [0.4, 0.5) is 26.3 Å². The highest BCUT2D eigenvalue weighted by Gasteiger charge is 2.76. The van der Waals surface area contributed by atoms with E-state index in [0.717, 1.165) is 0 Å². The lowest BCUT2D eigenvalue weighted by Crippen LogP contribution is -2.66. The van der Waals surface area contributed by atoms with E-state index in [0.29, 0.717) is 19.3 Å². The van der Waals surface area contributed by atoms with Gasteiger partial charge in [-0.05, 0) is 43.9 Å². The third-order valence-corrected chi connectivity index (χ3v) is 7.06. The molecule has 0 aromatic heterocycles. The van der Waals surface area contributed by atoms with Gasteiger partial charge in [0.2, 0.25) is 0 Å². The zero-order chi connectivity index (χ0) is 22.8. The lowest BCUT2D eigenvalue weighted by atomic mass is 9.48. The molecule has 4 saturated carbocycles. The second kappa shape index (κ2) is 6.71. The quantitative estimate of drug-likeness (QED) is 0.255. The summed E-state index contributed by atoms with van der Waals surface area (Å²) in [6.45, 7) is 0.117. The molecule has 2 atom stereocenters. The Morgan fingerprint density at radius 3 is 1.93 bits per heavy atom. The standard InChI is InChI=1S/C16H18F6O7S/c17-15(18,19)14(16(20,21)22,7-30(25,26)27)29-11(24)12-2-9-1-10(3-12)5-13(4-9,6-12)28-8-23/h8-10H,1-7H2,(H,25,26,27)/p-1. The van der Waals surface area contributed by atoms with Crippen LogP contribution in [0.25, 0.3) is 0 Å². The van der Waals surface area contributed by atoms with Crippen LogP contribution in [0.3, 0.4) is 0 Å². The first-order valence-electron chi connectivity index (χ1n) is 8.88. The average Bonchev–Trinajstić information content (AvgIpc) is 2.49. The van der Waals surface area contributed by atoms with E-state index in [1.54, 1.807) is 0 Å². The molecule has 0 radical (unpaired) electrons.